The zero-order valence-corrected chi connectivity index (χ0v) is 9.92. The molecule has 1 aliphatic heterocycles. The van der Waals surface area contributed by atoms with Gasteiger partial charge >= 0.3 is 0 Å². The summed E-state index contributed by atoms with van der Waals surface area (Å²) < 4.78 is 0. The Labute approximate surface area is 93.0 Å². The first-order chi connectivity index (χ1) is 7.15. The zero-order chi connectivity index (χ0) is 10.9. The van der Waals surface area contributed by atoms with Gasteiger partial charge in [-0.1, -0.05) is 20.3 Å². The van der Waals surface area contributed by atoms with Crippen LogP contribution in [-0.2, 0) is 0 Å². The second-order valence-corrected chi connectivity index (χ2v) is 5.82. The lowest BCUT2D eigenvalue weighted by Crippen LogP contribution is -2.40. The minimum absolute atomic E-state index is 0.225. The zero-order valence-electron chi connectivity index (χ0n) is 9.92. The molecule has 0 radical (unpaired) electrons. The van der Waals surface area contributed by atoms with E-state index in [0.29, 0.717) is 5.41 Å². The van der Waals surface area contributed by atoms with Gasteiger partial charge in [0, 0.05) is 6.54 Å². The van der Waals surface area contributed by atoms with Gasteiger partial charge in [0.05, 0.1) is 12.0 Å². The molecule has 1 saturated carbocycles. The molecule has 2 nitrogen and oxygen atoms in total. The van der Waals surface area contributed by atoms with Gasteiger partial charge in [-0.3, -0.25) is 0 Å². The normalized spacial score (nSPS) is 46.3. The highest BCUT2D eigenvalue weighted by Crippen LogP contribution is 2.50. The molecule has 4 unspecified atom stereocenters. The molecule has 1 N–H and O–H groups in total. The number of nitrogens with one attached hydrogen (secondary N) is 1. The average molecular weight is 206 g/mol. The first-order valence-corrected chi connectivity index (χ1v) is 6.26. The Kier molecular flexibility index (Phi) is 3.02. The number of hydrogen-bond donors (Lipinski definition) is 1. The van der Waals surface area contributed by atoms with Crippen LogP contribution < -0.4 is 5.32 Å². The van der Waals surface area contributed by atoms with Gasteiger partial charge in [0.1, 0.15) is 0 Å². The van der Waals surface area contributed by atoms with E-state index in [1.807, 2.05) is 0 Å². The van der Waals surface area contributed by atoms with Crippen LogP contribution in [0.4, 0.5) is 0 Å². The van der Waals surface area contributed by atoms with Crippen LogP contribution >= 0.6 is 0 Å². The summed E-state index contributed by atoms with van der Waals surface area (Å²) >= 11 is 0. The third kappa shape index (κ3) is 2.03. The van der Waals surface area contributed by atoms with E-state index in [9.17, 15) is 0 Å². The van der Waals surface area contributed by atoms with Crippen molar-refractivity contribution >= 4 is 0 Å². The number of hydrogen-bond acceptors (Lipinski definition) is 2. The van der Waals surface area contributed by atoms with Gasteiger partial charge in [-0.2, -0.15) is 5.26 Å². The maximum Gasteiger partial charge on any atom is 0.0669 e. The maximum absolute atomic E-state index is 9.12. The van der Waals surface area contributed by atoms with E-state index in [4.69, 9.17) is 5.26 Å². The molecule has 2 aliphatic rings. The van der Waals surface area contributed by atoms with E-state index in [1.54, 1.807) is 0 Å². The first kappa shape index (κ1) is 11.0. The topological polar surface area (TPSA) is 35.8 Å². The molecule has 0 aromatic rings. The monoisotopic (exact) mass is 206 g/mol. The van der Waals surface area contributed by atoms with Crippen molar-refractivity contribution in [1.29, 1.82) is 5.26 Å². The predicted octanol–water partition coefficient (Wildman–Crippen LogP) is 2.56. The molecule has 1 saturated heterocycles. The SMILES string of the molecule is CC1CNCC(C#N)CC2(C)CCCC12. The number of nitriles is 1. The quantitative estimate of drug-likeness (QED) is 0.661. The minimum Gasteiger partial charge on any atom is -0.315 e. The van der Waals surface area contributed by atoms with Crippen LogP contribution in [0.3, 0.4) is 0 Å². The molecule has 0 spiro atoms. The molecule has 0 bridgehead atoms. The first-order valence-electron chi connectivity index (χ1n) is 6.26. The van der Waals surface area contributed by atoms with E-state index in [2.05, 4.69) is 25.2 Å². The van der Waals surface area contributed by atoms with Gasteiger partial charge in [0.25, 0.3) is 0 Å². The fraction of sp³-hybridized carbons (Fsp3) is 0.923. The fourth-order valence-corrected chi connectivity index (χ4v) is 3.84. The summed E-state index contributed by atoms with van der Waals surface area (Å²) in [5.41, 5.74) is 0.446. The highest BCUT2D eigenvalue weighted by Gasteiger charge is 2.43. The Hall–Kier alpha value is -0.550. The van der Waals surface area contributed by atoms with E-state index in [0.717, 1.165) is 31.3 Å². The summed E-state index contributed by atoms with van der Waals surface area (Å²) in [5, 5.41) is 12.6. The smallest absolute Gasteiger partial charge is 0.0669 e. The summed E-state index contributed by atoms with van der Waals surface area (Å²) in [4.78, 5) is 0. The van der Waals surface area contributed by atoms with Crippen LogP contribution in [0.25, 0.3) is 0 Å². The Bertz CT molecular complexity index is 268. The van der Waals surface area contributed by atoms with Gasteiger partial charge in [-0.25, -0.2) is 0 Å². The molecule has 84 valence electrons. The van der Waals surface area contributed by atoms with Crippen molar-refractivity contribution in [2.45, 2.75) is 39.5 Å². The highest BCUT2D eigenvalue weighted by atomic mass is 14.9. The Morgan fingerprint density at radius 1 is 1.40 bits per heavy atom. The number of rotatable bonds is 0. The van der Waals surface area contributed by atoms with Crippen LogP contribution in [0.1, 0.15) is 39.5 Å². The summed E-state index contributed by atoms with van der Waals surface area (Å²) in [6.07, 6.45) is 5.17. The molecule has 0 amide bonds. The van der Waals surface area contributed by atoms with Gasteiger partial charge < -0.3 is 5.32 Å². The second-order valence-electron chi connectivity index (χ2n) is 5.82. The van der Waals surface area contributed by atoms with Gasteiger partial charge in [0.2, 0.25) is 0 Å². The van der Waals surface area contributed by atoms with Crippen molar-refractivity contribution in [2.24, 2.45) is 23.2 Å². The third-order valence-electron chi connectivity index (χ3n) is 4.60. The average Bonchev–Trinajstić information content (AvgIpc) is 2.56. The molecule has 4 atom stereocenters. The molecule has 2 fully saturated rings. The predicted molar refractivity (Wildman–Crippen MR) is 61.2 cm³/mol. The van der Waals surface area contributed by atoms with Crippen LogP contribution in [0, 0.1) is 34.5 Å². The van der Waals surface area contributed by atoms with Gasteiger partial charge in [-0.15, -0.1) is 0 Å². The maximum atomic E-state index is 9.12. The van der Waals surface area contributed by atoms with Crippen molar-refractivity contribution < 1.29 is 0 Å². The number of fused-ring (bicyclic) bond motifs is 1. The largest absolute Gasteiger partial charge is 0.315 e. The van der Waals surface area contributed by atoms with Crippen molar-refractivity contribution in [3.63, 3.8) is 0 Å². The van der Waals surface area contributed by atoms with Crippen molar-refractivity contribution in [3.05, 3.63) is 0 Å². The van der Waals surface area contributed by atoms with Crippen LogP contribution in [0.2, 0.25) is 0 Å². The van der Waals surface area contributed by atoms with E-state index in [1.165, 1.54) is 19.3 Å². The van der Waals surface area contributed by atoms with E-state index < -0.39 is 0 Å². The van der Waals surface area contributed by atoms with Gasteiger partial charge in [0.15, 0.2) is 0 Å². The lowest BCUT2D eigenvalue weighted by atomic mass is 9.68. The molecule has 2 rings (SSSR count). The molecule has 1 aliphatic carbocycles. The molecule has 1 heterocycles. The Morgan fingerprint density at radius 3 is 2.93 bits per heavy atom. The molecule has 0 aromatic heterocycles. The Morgan fingerprint density at radius 2 is 2.20 bits per heavy atom. The van der Waals surface area contributed by atoms with Crippen molar-refractivity contribution in [3.8, 4) is 6.07 Å². The van der Waals surface area contributed by atoms with E-state index >= 15 is 0 Å². The summed E-state index contributed by atoms with van der Waals surface area (Å²) in [7, 11) is 0. The molecular formula is C13H22N2. The lowest BCUT2D eigenvalue weighted by Gasteiger charge is -2.39. The summed E-state index contributed by atoms with van der Waals surface area (Å²) in [6, 6.07) is 2.46. The molecule has 0 aromatic carbocycles. The summed E-state index contributed by atoms with van der Waals surface area (Å²) in [6.45, 7) is 6.77. The van der Waals surface area contributed by atoms with E-state index in [-0.39, 0.29) is 5.92 Å². The van der Waals surface area contributed by atoms with Crippen molar-refractivity contribution in [2.75, 3.05) is 13.1 Å². The highest BCUT2D eigenvalue weighted by molar-refractivity contribution is 4.99. The van der Waals surface area contributed by atoms with Crippen LogP contribution in [-0.4, -0.2) is 13.1 Å². The van der Waals surface area contributed by atoms with Crippen LogP contribution in [0.15, 0.2) is 0 Å². The lowest BCUT2D eigenvalue weighted by molar-refractivity contribution is 0.119. The number of nitrogens with zero attached hydrogens (tertiary/aromatic N) is 1. The summed E-state index contributed by atoms with van der Waals surface area (Å²) in [5.74, 6) is 1.83. The van der Waals surface area contributed by atoms with Crippen molar-refractivity contribution in [1.82, 2.24) is 5.32 Å². The standard InChI is InChI=1S/C13H22N2/c1-10-8-15-9-11(7-14)6-13(2)5-3-4-12(10)13/h10-12,15H,3-6,8-9H2,1-2H3. The van der Waals surface area contributed by atoms with Gasteiger partial charge in [-0.05, 0) is 43.1 Å². The molecule has 2 heteroatoms. The molecular weight excluding hydrogens is 184 g/mol. The fourth-order valence-electron chi connectivity index (χ4n) is 3.84. The minimum atomic E-state index is 0.225. The molecule has 15 heavy (non-hydrogen) atoms. The Balaban J connectivity index is 2.16. The second kappa shape index (κ2) is 4.14. The third-order valence-corrected chi connectivity index (χ3v) is 4.60. The van der Waals surface area contributed by atoms with Crippen LogP contribution in [0.5, 0.6) is 0 Å².